The van der Waals surface area contributed by atoms with Crippen molar-refractivity contribution >= 4 is 73.3 Å². The SMILES string of the molecule is CCOC(=O)c1cc2cncc(N3C(=O)NC4C=C(c5cc(OC)ccc5Cl)SC4C3=O)c2s1. The number of nitrogens with zero attached hydrogens (tertiary/aromatic N) is 2. The molecule has 0 radical (unpaired) electrons. The fraction of sp³-hybridized carbons (Fsp3) is 0.217. The van der Waals surface area contributed by atoms with Crippen LogP contribution in [0, 0.1) is 0 Å². The van der Waals surface area contributed by atoms with E-state index in [0.29, 0.717) is 31.4 Å². The van der Waals surface area contributed by atoms with Crippen LogP contribution in [-0.2, 0) is 9.53 Å². The first-order chi connectivity index (χ1) is 16.4. The van der Waals surface area contributed by atoms with E-state index in [1.807, 2.05) is 6.08 Å². The van der Waals surface area contributed by atoms with Crippen molar-refractivity contribution in [2.24, 2.45) is 0 Å². The molecule has 0 bridgehead atoms. The summed E-state index contributed by atoms with van der Waals surface area (Å²) >= 11 is 8.89. The maximum Gasteiger partial charge on any atom is 0.348 e. The predicted molar refractivity (Wildman–Crippen MR) is 133 cm³/mol. The number of thioether (sulfide) groups is 1. The number of pyridine rings is 1. The van der Waals surface area contributed by atoms with Crippen molar-refractivity contribution in [3.8, 4) is 5.75 Å². The van der Waals surface area contributed by atoms with Crippen LogP contribution in [0.5, 0.6) is 5.75 Å². The number of benzene rings is 1. The minimum atomic E-state index is -0.574. The third-order valence-electron chi connectivity index (χ3n) is 5.43. The summed E-state index contributed by atoms with van der Waals surface area (Å²) < 4.78 is 11.0. The third-order valence-corrected chi connectivity index (χ3v) is 8.27. The Morgan fingerprint density at radius 2 is 2.09 bits per heavy atom. The van der Waals surface area contributed by atoms with Gasteiger partial charge in [-0.2, -0.15) is 0 Å². The van der Waals surface area contributed by atoms with Crippen LogP contribution in [-0.4, -0.2) is 47.9 Å². The number of imide groups is 1. The first-order valence-electron chi connectivity index (χ1n) is 10.3. The van der Waals surface area contributed by atoms with Crippen molar-refractivity contribution in [3.05, 3.63) is 58.2 Å². The van der Waals surface area contributed by atoms with E-state index in [0.717, 1.165) is 26.7 Å². The van der Waals surface area contributed by atoms with Gasteiger partial charge in [-0.05, 0) is 37.3 Å². The van der Waals surface area contributed by atoms with E-state index in [1.54, 1.807) is 44.5 Å². The Morgan fingerprint density at radius 1 is 1.26 bits per heavy atom. The zero-order chi connectivity index (χ0) is 24.0. The molecule has 2 atom stereocenters. The number of hydrogen-bond donors (Lipinski definition) is 1. The van der Waals surface area contributed by atoms with Gasteiger partial charge in [-0.25, -0.2) is 14.5 Å². The lowest BCUT2D eigenvalue weighted by molar-refractivity contribution is -0.118. The summed E-state index contributed by atoms with van der Waals surface area (Å²) in [6.07, 6.45) is 4.88. The highest BCUT2D eigenvalue weighted by molar-refractivity contribution is 8.09. The number of methoxy groups -OCH3 is 1. The number of ether oxygens (including phenoxy) is 2. The number of hydrogen-bond acceptors (Lipinski definition) is 8. The van der Waals surface area contributed by atoms with Crippen molar-refractivity contribution < 1.29 is 23.9 Å². The summed E-state index contributed by atoms with van der Waals surface area (Å²) in [5.74, 6) is -0.190. The summed E-state index contributed by atoms with van der Waals surface area (Å²) in [6.45, 7) is 1.98. The van der Waals surface area contributed by atoms with Crippen molar-refractivity contribution in [2.45, 2.75) is 18.2 Å². The first kappa shape index (κ1) is 22.7. The third kappa shape index (κ3) is 3.81. The van der Waals surface area contributed by atoms with Gasteiger partial charge in [0, 0.05) is 27.1 Å². The van der Waals surface area contributed by atoms with Gasteiger partial charge in [-0.15, -0.1) is 23.1 Å². The second kappa shape index (κ2) is 8.94. The lowest BCUT2D eigenvalue weighted by Gasteiger charge is -2.33. The molecule has 1 N–H and O–H groups in total. The molecule has 5 rings (SSSR count). The topological polar surface area (TPSA) is 97.8 Å². The number of rotatable bonds is 5. The normalized spacial score (nSPS) is 19.6. The molecular formula is C23H18ClN3O5S2. The van der Waals surface area contributed by atoms with Crippen LogP contribution in [0.2, 0.25) is 5.02 Å². The molecule has 1 saturated heterocycles. The molecule has 34 heavy (non-hydrogen) atoms. The van der Waals surface area contributed by atoms with Crippen LogP contribution in [0.15, 0.2) is 42.7 Å². The molecule has 8 nitrogen and oxygen atoms in total. The molecule has 11 heteroatoms. The fourth-order valence-corrected chi connectivity index (χ4v) is 6.46. The number of aromatic nitrogens is 1. The van der Waals surface area contributed by atoms with Gasteiger partial charge >= 0.3 is 12.0 Å². The second-order valence-corrected chi connectivity index (χ2v) is 10.1. The Balaban J connectivity index is 1.48. The Kier molecular flexibility index (Phi) is 5.97. The second-order valence-electron chi connectivity index (χ2n) is 7.47. The van der Waals surface area contributed by atoms with E-state index in [4.69, 9.17) is 21.1 Å². The zero-order valence-corrected chi connectivity index (χ0v) is 20.4. The zero-order valence-electron chi connectivity index (χ0n) is 18.0. The standard InChI is InChI=1S/C23H18ClN3O5S2/c1-3-32-22(29)18-6-11-9-25-10-16(19(11)34-18)27-21(28)20-15(26-23(27)30)8-17(33-20)13-7-12(31-2)4-5-14(13)24/h4-10,15,20H,3H2,1-2H3,(H,26,30). The first-order valence-corrected chi connectivity index (χ1v) is 12.4. The molecule has 2 aliphatic rings. The minimum Gasteiger partial charge on any atom is -0.497 e. The predicted octanol–water partition coefficient (Wildman–Crippen LogP) is 4.72. The molecule has 1 fully saturated rings. The monoisotopic (exact) mass is 515 g/mol. The van der Waals surface area contributed by atoms with Gasteiger partial charge in [0.2, 0.25) is 0 Å². The Bertz CT molecular complexity index is 1370. The Hall–Kier alpha value is -3.08. The summed E-state index contributed by atoms with van der Waals surface area (Å²) in [4.78, 5) is 45.2. The average molecular weight is 516 g/mol. The molecule has 2 unspecified atom stereocenters. The number of halogens is 1. The number of urea groups is 1. The van der Waals surface area contributed by atoms with E-state index in [2.05, 4.69) is 10.3 Å². The Morgan fingerprint density at radius 3 is 2.85 bits per heavy atom. The summed E-state index contributed by atoms with van der Waals surface area (Å²) in [7, 11) is 1.57. The molecule has 2 aromatic heterocycles. The van der Waals surface area contributed by atoms with Gasteiger partial charge in [-0.1, -0.05) is 11.6 Å². The van der Waals surface area contributed by atoms with Gasteiger partial charge in [0.15, 0.2) is 0 Å². The number of nitrogens with one attached hydrogen (secondary N) is 1. The lowest BCUT2D eigenvalue weighted by Crippen LogP contribution is -2.60. The van der Waals surface area contributed by atoms with Gasteiger partial charge in [0.05, 0.1) is 36.3 Å². The average Bonchev–Trinajstić information content (AvgIpc) is 3.45. The largest absolute Gasteiger partial charge is 0.497 e. The molecule has 3 amide bonds. The molecular weight excluding hydrogens is 498 g/mol. The van der Waals surface area contributed by atoms with E-state index >= 15 is 0 Å². The maximum atomic E-state index is 13.5. The number of esters is 1. The molecule has 0 saturated carbocycles. The Labute approximate surface area is 207 Å². The van der Waals surface area contributed by atoms with Crippen molar-refractivity contribution in [3.63, 3.8) is 0 Å². The summed E-state index contributed by atoms with van der Waals surface area (Å²) in [5, 5.41) is 3.49. The highest BCUT2D eigenvalue weighted by Gasteiger charge is 2.46. The van der Waals surface area contributed by atoms with Gasteiger partial charge in [0.25, 0.3) is 5.91 Å². The van der Waals surface area contributed by atoms with E-state index in [1.165, 1.54) is 18.0 Å². The van der Waals surface area contributed by atoms with Crippen LogP contribution in [0.3, 0.4) is 0 Å². The highest BCUT2D eigenvalue weighted by atomic mass is 35.5. The number of anilines is 1. The lowest BCUT2D eigenvalue weighted by atomic mass is 10.1. The van der Waals surface area contributed by atoms with Gasteiger partial charge < -0.3 is 14.8 Å². The summed E-state index contributed by atoms with van der Waals surface area (Å²) in [5.41, 5.74) is 1.06. The van der Waals surface area contributed by atoms with E-state index < -0.39 is 23.3 Å². The molecule has 4 heterocycles. The van der Waals surface area contributed by atoms with Crippen LogP contribution in [0.4, 0.5) is 10.5 Å². The van der Waals surface area contributed by atoms with Crippen molar-refractivity contribution in [1.29, 1.82) is 0 Å². The fourth-order valence-electron chi connectivity index (χ4n) is 3.87. The van der Waals surface area contributed by atoms with Crippen LogP contribution >= 0.6 is 34.7 Å². The number of amides is 3. The van der Waals surface area contributed by atoms with Crippen molar-refractivity contribution in [1.82, 2.24) is 10.3 Å². The maximum absolute atomic E-state index is 13.5. The number of thiophene rings is 1. The molecule has 0 spiro atoms. The van der Waals surface area contributed by atoms with Crippen molar-refractivity contribution in [2.75, 3.05) is 18.6 Å². The van der Waals surface area contributed by atoms with E-state index in [9.17, 15) is 14.4 Å². The quantitative estimate of drug-likeness (QED) is 0.491. The number of carbonyl (C=O) groups is 3. The molecule has 3 aromatic rings. The minimum absolute atomic E-state index is 0.248. The highest BCUT2D eigenvalue weighted by Crippen LogP contribution is 2.46. The van der Waals surface area contributed by atoms with Crippen LogP contribution in [0.1, 0.15) is 22.2 Å². The van der Waals surface area contributed by atoms with E-state index in [-0.39, 0.29) is 12.5 Å². The number of fused-ring (bicyclic) bond motifs is 2. The van der Waals surface area contributed by atoms with Crippen LogP contribution in [0.25, 0.3) is 15.0 Å². The van der Waals surface area contributed by atoms with Gasteiger partial charge in [0.1, 0.15) is 15.9 Å². The molecule has 0 aliphatic carbocycles. The molecule has 2 aliphatic heterocycles. The van der Waals surface area contributed by atoms with Crippen LogP contribution < -0.4 is 15.0 Å². The summed E-state index contributed by atoms with van der Waals surface area (Å²) in [6, 6.07) is 5.91. The smallest absolute Gasteiger partial charge is 0.348 e. The number of carbonyl (C=O) groups excluding carboxylic acids is 3. The van der Waals surface area contributed by atoms with Gasteiger partial charge in [-0.3, -0.25) is 9.78 Å². The molecule has 1 aromatic carbocycles. The molecule has 174 valence electrons.